The molecular weight excluding hydrogens is 366 g/mol. The van der Waals surface area contributed by atoms with Gasteiger partial charge in [0.15, 0.2) is 0 Å². The maximum absolute atomic E-state index is 12.3. The highest BCUT2D eigenvalue weighted by atomic mass is 32.2. The molecule has 0 saturated carbocycles. The van der Waals surface area contributed by atoms with E-state index in [1.807, 2.05) is 52.9 Å². The minimum absolute atomic E-state index is 0.0311. The molecule has 1 aromatic carbocycles. The van der Waals surface area contributed by atoms with Gasteiger partial charge in [-0.05, 0) is 29.8 Å². The van der Waals surface area contributed by atoms with Gasteiger partial charge in [0.1, 0.15) is 0 Å². The third-order valence-corrected chi connectivity index (χ3v) is 6.08. The number of carbonyl (C=O) groups is 2. The largest absolute Gasteiger partial charge is 0.335 e. The minimum Gasteiger partial charge on any atom is -0.335 e. The first-order chi connectivity index (χ1) is 12.7. The lowest BCUT2D eigenvalue weighted by Gasteiger charge is -2.34. The van der Waals surface area contributed by atoms with Crippen LogP contribution in [0.15, 0.2) is 46.7 Å². The average Bonchev–Trinajstić information content (AvgIpc) is 3.21. The molecule has 2 aromatic rings. The molecule has 0 unspecified atom stereocenters. The molecule has 0 atom stereocenters. The van der Waals surface area contributed by atoms with Gasteiger partial charge in [-0.1, -0.05) is 18.2 Å². The van der Waals surface area contributed by atoms with E-state index in [-0.39, 0.29) is 11.8 Å². The Kier molecular flexibility index (Phi) is 6.71. The summed E-state index contributed by atoms with van der Waals surface area (Å²) in [6.45, 7) is 3.77. The SMILES string of the molecule is CSc1ccccc1NC(=O)CCN1CCN(C(=O)c2cccs2)CC1. The quantitative estimate of drug-likeness (QED) is 0.771. The fourth-order valence-electron chi connectivity index (χ4n) is 2.95. The second-order valence-corrected chi connectivity index (χ2v) is 7.91. The number of carbonyl (C=O) groups excluding carboxylic acids is 2. The maximum atomic E-state index is 12.3. The number of amides is 2. The van der Waals surface area contributed by atoms with Gasteiger partial charge in [-0.15, -0.1) is 23.1 Å². The molecule has 1 saturated heterocycles. The van der Waals surface area contributed by atoms with Crippen LogP contribution in [0.2, 0.25) is 0 Å². The first-order valence-corrected chi connectivity index (χ1v) is 10.8. The summed E-state index contributed by atoms with van der Waals surface area (Å²) >= 11 is 3.11. The first-order valence-electron chi connectivity index (χ1n) is 8.65. The Morgan fingerprint density at radius 2 is 1.88 bits per heavy atom. The van der Waals surface area contributed by atoms with Crippen molar-refractivity contribution in [1.29, 1.82) is 0 Å². The molecule has 1 fully saturated rings. The van der Waals surface area contributed by atoms with Gasteiger partial charge in [0.05, 0.1) is 10.6 Å². The van der Waals surface area contributed by atoms with Crippen LogP contribution in [-0.4, -0.2) is 60.6 Å². The highest BCUT2D eigenvalue weighted by molar-refractivity contribution is 7.98. The average molecular weight is 390 g/mol. The van der Waals surface area contributed by atoms with Gasteiger partial charge in [0.2, 0.25) is 5.91 Å². The summed E-state index contributed by atoms with van der Waals surface area (Å²) in [5, 5.41) is 4.92. The van der Waals surface area contributed by atoms with Gasteiger partial charge in [0, 0.05) is 44.0 Å². The van der Waals surface area contributed by atoms with Crippen LogP contribution in [-0.2, 0) is 4.79 Å². The molecule has 2 amide bonds. The number of hydrogen-bond acceptors (Lipinski definition) is 5. The summed E-state index contributed by atoms with van der Waals surface area (Å²) in [6.07, 6.45) is 2.46. The zero-order chi connectivity index (χ0) is 18.4. The number of thiophene rings is 1. The van der Waals surface area contributed by atoms with E-state index in [4.69, 9.17) is 0 Å². The van der Waals surface area contributed by atoms with E-state index in [0.717, 1.165) is 28.5 Å². The van der Waals surface area contributed by atoms with Crippen LogP contribution in [0.5, 0.6) is 0 Å². The van der Waals surface area contributed by atoms with E-state index in [1.54, 1.807) is 11.8 Å². The summed E-state index contributed by atoms with van der Waals surface area (Å²) in [7, 11) is 0. The van der Waals surface area contributed by atoms with Crippen molar-refractivity contribution < 1.29 is 9.59 Å². The van der Waals surface area contributed by atoms with Gasteiger partial charge in [-0.2, -0.15) is 0 Å². The summed E-state index contributed by atoms with van der Waals surface area (Å²) in [5.74, 6) is 0.148. The summed E-state index contributed by atoms with van der Waals surface area (Å²) < 4.78 is 0. The second kappa shape index (κ2) is 9.21. The Morgan fingerprint density at radius 3 is 2.58 bits per heavy atom. The van der Waals surface area contributed by atoms with Gasteiger partial charge in [-0.25, -0.2) is 0 Å². The number of hydrogen-bond donors (Lipinski definition) is 1. The smallest absolute Gasteiger partial charge is 0.264 e. The topological polar surface area (TPSA) is 52.7 Å². The van der Waals surface area contributed by atoms with Crippen molar-refractivity contribution in [3.63, 3.8) is 0 Å². The fraction of sp³-hybridized carbons (Fsp3) is 0.368. The number of anilines is 1. The Balaban J connectivity index is 1.42. The van der Waals surface area contributed by atoms with Crippen LogP contribution in [0.25, 0.3) is 0 Å². The van der Waals surface area contributed by atoms with E-state index in [1.165, 1.54) is 11.3 Å². The van der Waals surface area contributed by atoms with E-state index in [9.17, 15) is 9.59 Å². The molecule has 5 nitrogen and oxygen atoms in total. The number of para-hydroxylation sites is 1. The van der Waals surface area contributed by atoms with Gasteiger partial charge in [-0.3, -0.25) is 14.5 Å². The normalized spacial score (nSPS) is 15.0. The Morgan fingerprint density at radius 1 is 1.12 bits per heavy atom. The molecule has 0 spiro atoms. The first kappa shape index (κ1) is 18.9. The van der Waals surface area contributed by atoms with Crippen LogP contribution in [0.4, 0.5) is 5.69 Å². The molecule has 2 heterocycles. The van der Waals surface area contributed by atoms with Crippen LogP contribution in [0.3, 0.4) is 0 Å². The van der Waals surface area contributed by atoms with E-state index < -0.39 is 0 Å². The van der Waals surface area contributed by atoms with Crippen LogP contribution in [0.1, 0.15) is 16.1 Å². The summed E-state index contributed by atoms with van der Waals surface area (Å²) in [4.78, 5) is 30.6. The van der Waals surface area contributed by atoms with Crippen molar-refractivity contribution in [2.75, 3.05) is 44.3 Å². The van der Waals surface area contributed by atoms with E-state index in [0.29, 0.717) is 26.1 Å². The monoisotopic (exact) mass is 389 g/mol. The third kappa shape index (κ3) is 4.87. The Bertz CT molecular complexity index is 741. The number of piperazine rings is 1. The second-order valence-electron chi connectivity index (χ2n) is 6.11. The lowest BCUT2D eigenvalue weighted by Crippen LogP contribution is -2.49. The van der Waals surface area contributed by atoms with Crippen molar-refractivity contribution in [2.45, 2.75) is 11.3 Å². The predicted molar refractivity (Wildman–Crippen MR) is 108 cm³/mol. The zero-order valence-electron chi connectivity index (χ0n) is 14.8. The van der Waals surface area contributed by atoms with Crippen molar-refractivity contribution in [2.24, 2.45) is 0 Å². The molecule has 138 valence electrons. The van der Waals surface area contributed by atoms with Crippen LogP contribution in [0, 0.1) is 0 Å². The Hall–Kier alpha value is -1.83. The molecule has 0 radical (unpaired) electrons. The zero-order valence-corrected chi connectivity index (χ0v) is 16.4. The molecule has 1 aliphatic rings. The molecule has 1 N–H and O–H groups in total. The number of rotatable bonds is 6. The van der Waals surface area contributed by atoms with E-state index in [2.05, 4.69) is 10.2 Å². The van der Waals surface area contributed by atoms with Gasteiger partial charge >= 0.3 is 0 Å². The minimum atomic E-state index is 0.0311. The molecule has 0 aliphatic carbocycles. The molecule has 1 aromatic heterocycles. The highest BCUT2D eigenvalue weighted by Crippen LogP contribution is 2.24. The number of nitrogens with one attached hydrogen (secondary N) is 1. The Labute approximate surface area is 162 Å². The molecule has 7 heteroatoms. The van der Waals surface area contributed by atoms with Gasteiger partial charge < -0.3 is 10.2 Å². The molecule has 3 rings (SSSR count). The predicted octanol–water partition coefficient (Wildman–Crippen LogP) is 3.26. The third-order valence-electron chi connectivity index (χ3n) is 4.43. The molecule has 1 aliphatic heterocycles. The van der Waals surface area contributed by atoms with Crippen molar-refractivity contribution >= 4 is 40.6 Å². The standard InChI is InChI=1S/C19H23N3O2S2/c1-25-16-6-3-2-5-15(16)20-18(23)8-9-21-10-12-22(13-11-21)19(24)17-7-4-14-26-17/h2-7,14H,8-13H2,1H3,(H,20,23). The lowest BCUT2D eigenvalue weighted by molar-refractivity contribution is -0.116. The summed E-state index contributed by atoms with van der Waals surface area (Å²) in [5.41, 5.74) is 0.872. The maximum Gasteiger partial charge on any atom is 0.264 e. The lowest BCUT2D eigenvalue weighted by atomic mass is 10.2. The molecule has 26 heavy (non-hydrogen) atoms. The molecule has 0 bridgehead atoms. The van der Waals surface area contributed by atoms with E-state index >= 15 is 0 Å². The highest BCUT2D eigenvalue weighted by Gasteiger charge is 2.22. The van der Waals surface area contributed by atoms with Crippen LogP contribution >= 0.6 is 23.1 Å². The van der Waals surface area contributed by atoms with Crippen molar-refractivity contribution in [3.8, 4) is 0 Å². The number of thioether (sulfide) groups is 1. The fourth-order valence-corrected chi connectivity index (χ4v) is 4.20. The van der Waals surface area contributed by atoms with Crippen LogP contribution < -0.4 is 5.32 Å². The van der Waals surface area contributed by atoms with Crippen molar-refractivity contribution in [1.82, 2.24) is 9.80 Å². The van der Waals surface area contributed by atoms with Crippen molar-refractivity contribution in [3.05, 3.63) is 46.7 Å². The van der Waals surface area contributed by atoms with Gasteiger partial charge in [0.25, 0.3) is 5.91 Å². The molecular formula is C19H23N3O2S2. The number of benzene rings is 1. The summed E-state index contributed by atoms with van der Waals surface area (Å²) in [6, 6.07) is 11.6. The number of nitrogens with zero attached hydrogens (tertiary/aromatic N) is 2.